The number of pyridine rings is 1. The van der Waals surface area contributed by atoms with Crippen LogP contribution in [-0.4, -0.2) is 69.2 Å². The van der Waals surface area contributed by atoms with Crippen molar-refractivity contribution in [3.63, 3.8) is 0 Å². The molecule has 8 rings (SSSR count). The highest BCUT2D eigenvalue weighted by atomic mass is 16.5. The maximum absolute atomic E-state index is 12.8. The molecule has 264 valence electrons. The minimum Gasteiger partial charge on any atom is -0.487 e. The third-order valence-electron chi connectivity index (χ3n) is 8.76. The summed E-state index contributed by atoms with van der Waals surface area (Å²) < 4.78 is 15.0. The Morgan fingerprint density at radius 1 is 0.596 bits per heavy atom. The van der Waals surface area contributed by atoms with Crippen LogP contribution in [0.1, 0.15) is 55.1 Å². The summed E-state index contributed by atoms with van der Waals surface area (Å²) in [4.78, 5) is 42.0. The Kier molecular flexibility index (Phi) is 10.3. The highest BCUT2D eigenvalue weighted by Crippen LogP contribution is 2.20. The first-order valence-electron chi connectivity index (χ1n) is 17.2. The predicted octanol–water partition coefficient (Wildman–Crippen LogP) is 5.04. The first-order chi connectivity index (χ1) is 25.4. The predicted molar refractivity (Wildman–Crippen MR) is 191 cm³/mol. The molecule has 13 heteroatoms. The highest BCUT2D eigenvalue weighted by molar-refractivity contribution is 5.93. The summed E-state index contributed by atoms with van der Waals surface area (Å²) in [6.45, 7) is 8.13. The third-order valence-corrected chi connectivity index (χ3v) is 8.76. The van der Waals surface area contributed by atoms with Crippen LogP contribution in [0.3, 0.4) is 0 Å². The molecule has 2 aliphatic heterocycles. The molecule has 0 aliphatic carbocycles. The molecule has 2 aliphatic rings. The van der Waals surface area contributed by atoms with E-state index >= 15 is 0 Å². The molecule has 0 unspecified atom stereocenters. The number of fused-ring (bicyclic) bond motifs is 2. The molecule has 0 saturated heterocycles. The molecule has 13 nitrogen and oxygen atoms in total. The van der Waals surface area contributed by atoms with Crippen LogP contribution in [0, 0.1) is 13.8 Å². The van der Waals surface area contributed by atoms with Gasteiger partial charge in [-0.25, -0.2) is 9.97 Å². The number of amides is 2. The second-order valence-electron chi connectivity index (χ2n) is 12.5. The van der Waals surface area contributed by atoms with Crippen molar-refractivity contribution in [3.05, 3.63) is 149 Å². The van der Waals surface area contributed by atoms with Gasteiger partial charge in [-0.3, -0.25) is 23.9 Å². The summed E-state index contributed by atoms with van der Waals surface area (Å²) >= 11 is 0. The van der Waals surface area contributed by atoms with Crippen LogP contribution in [0.2, 0.25) is 0 Å². The van der Waals surface area contributed by atoms with Gasteiger partial charge in [0.15, 0.2) is 0 Å². The molecule has 0 atom stereocenters. The molecular weight excluding hydrogens is 658 g/mol. The van der Waals surface area contributed by atoms with Crippen molar-refractivity contribution < 1.29 is 19.1 Å². The van der Waals surface area contributed by atoms with Crippen LogP contribution in [0.25, 0.3) is 0 Å². The fourth-order valence-corrected chi connectivity index (χ4v) is 6.05. The molecule has 0 spiro atoms. The number of aromatic nitrogens is 7. The number of benzene rings is 2. The molecule has 6 heterocycles. The van der Waals surface area contributed by atoms with Gasteiger partial charge in [0.25, 0.3) is 11.8 Å². The maximum atomic E-state index is 12.8. The largest absolute Gasteiger partial charge is 0.487 e. The number of ether oxygens (including phenoxy) is 2. The molecule has 6 aromatic rings. The molecule has 0 bridgehead atoms. The Morgan fingerprint density at radius 3 is 1.69 bits per heavy atom. The lowest BCUT2D eigenvalue weighted by atomic mass is 10.1. The molecular formula is C39H39N9O4. The summed E-state index contributed by atoms with van der Waals surface area (Å²) in [7, 11) is 0. The van der Waals surface area contributed by atoms with E-state index < -0.39 is 0 Å². The van der Waals surface area contributed by atoms with E-state index in [1.807, 2.05) is 110 Å². The summed E-state index contributed by atoms with van der Waals surface area (Å²) in [5, 5.41) is 9.00. The molecule has 0 radical (unpaired) electrons. The Morgan fingerprint density at radius 2 is 1.15 bits per heavy atom. The van der Waals surface area contributed by atoms with Gasteiger partial charge in [0, 0.05) is 37.7 Å². The van der Waals surface area contributed by atoms with Crippen LogP contribution in [0.4, 0.5) is 0 Å². The average molecular weight is 698 g/mol. The average Bonchev–Trinajstić information content (AvgIpc) is 3.79. The Labute approximate surface area is 301 Å². The zero-order valence-corrected chi connectivity index (χ0v) is 29.1. The van der Waals surface area contributed by atoms with E-state index in [1.54, 1.807) is 26.7 Å². The number of nitrogens with zero attached hydrogens (tertiary/aromatic N) is 9. The lowest BCUT2D eigenvalue weighted by Gasteiger charge is -2.27. The standard InChI is InChI=1S/C20H20N4O2.C19H19N5O2/c1-15-16(6-5-9-21-15)13-23-10-11-24-19(20(23)25)12-17(22-24)14-26-18-7-3-2-4-8-18;1-14-20-8-7-15(21-14)12-23-9-10-24-18(19(23)25)11-16(22-24)13-26-17-5-3-2-4-6-17/h2-9,12H,10-11,13-14H2,1H3;2-8,11H,9-10,12-13H2,1H3. The van der Waals surface area contributed by atoms with E-state index in [4.69, 9.17) is 9.47 Å². The second kappa shape index (κ2) is 15.7. The van der Waals surface area contributed by atoms with Gasteiger partial charge in [-0.2, -0.15) is 10.2 Å². The van der Waals surface area contributed by atoms with Gasteiger partial charge >= 0.3 is 0 Å². The van der Waals surface area contributed by atoms with Crippen molar-refractivity contribution in [3.8, 4) is 11.5 Å². The molecule has 0 saturated carbocycles. The molecule has 2 amide bonds. The van der Waals surface area contributed by atoms with Crippen LogP contribution in [0.15, 0.2) is 103 Å². The molecule has 4 aromatic heterocycles. The topological polar surface area (TPSA) is 133 Å². The fraction of sp³-hybridized carbons (Fsp3) is 0.256. The van der Waals surface area contributed by atoms with Gasteiger partial charge in [0.05, 0.1) is 25.3 Å². The van der Waals surface area contributed by atoms with E-state index in [0.29, 0.717) is 69.7 Å². The van der Waals surface area contributed by atoms with Gasteiger partial charge in [0.1, 0.15) is 53.3 Å². The summed E-state index contributed by atoms with van der Waals surface area (Å²) in [5.74, 6) is 2.24. The van der Waals surface area contributed by atoms with Gasteiger partial charge < -0.3 is 19.3 Å². The monoisotopic (exact) mass is 697 g/mol. The van der Waals surface area contributed by atoms with Gasteiger partial charge in [-0.15, -0.1) is 0 Å². The summed E-state index contributed by atoms with van der Waals surface area (Å²) in [6.07, 6.45) is 3.49. The van der Waals surface area contributed by atoms with Gasteiger partial charge in [-0.05, 0) is 67.9 Å². The molecule has 0 fully saturated rings. The minimum atomic E-state index is -0.0361. The summed E-state index contributed by atoms with van der Waals surface area (Å²) in [6, 6.07) is 28.6. The Hall–Kier alpha value is -6.37. The van der Waals surface area contributed by atoms with E-state index in [0.717, 1.165) is 39.8 Å². The van der Waals surface area contributed by atoms with E-state index in [1.165, 1.54) is 0 Å². The lowest BCUT2D eigenvalue weighted by molar-refractivity contribution is 0.0675. The molecule has 0 N–H and O–H groups in total. The van der Waals surface area contributed by atoms with Gasteiger partial charge in [0.2, 0.25) is 0 Å². The van der Waals surface area contributed by atoms with E-state index in [-0.39, 0.29) is 11.8 Å². The third kappa shape index (κ3) is 8.15. The number of aryl methyl sites for hydroxylation is 2. The Bertz CT molecular complexity index is 2150. The highest BCUT2D eigenvalue weighted by Gasteiger charge is 2.28. The first-order valence-corrected chi connectivity index (χ1v) is 17.2. The van der Waals surface area contributed by atoms with Crippen molar-refractivity contribution in [1.82, 2.24) is 44.3 Å². The van der Waals surface area contributed by atoms with Crippen LogP contribution in [0.5, 0.6) is 11.5 Å². The fourth-order valence-electron chi connectivity index (χ4n) is 6.05. The normalized spacial score (nSPS) is 13.6. The number of rotatable bonds is 10. The van der Waals surface area contributed by atoms with Crippen molar-refractivity contribution in [1.29, 1.82) is 0 Å². The smallest absolute Gasteiger partial charge is 0.272 e. The molecule has 2 aromatic carbocycles. The lowest BCUT2D eigenvalue weighted by Crippen LogP contribution is -2.40. The maximum Gasteiger partial charge on any atom is 0.272 e. The van der Waals surface area contributed by atoms with Gasteiger partial charge in [-0.1, -0.05) is 42.5 Å². The van der Waals surface area contributed by atoms with E-state index in [2.05, 4.69) is 25.1 Å². The van der Waals surface area contributed by atoms with Crippen molar-refractivity contribution in [2.24, 2.45) is 0 Å². The minimum absolute atomic E-state index is 0.00189. The number of para-hydroxylation sites is 2. The van der Waals surface area contributed by atoms with E-state index in [9.17, 15) is 9.59 Å². The zero-order valence-electron chi connectivity index (χ0n) is 29.1. The van der Waals surface area contributed by atoms with Crippen molar-refractivity contribution >= 4 is 11.8 Å². The second-order valence-corrected chi connectivity index (χ2v) is 12.5. The van der Waals surface area contributed by atoms with Crippen molar-refractivity contribution in [2.45, 2.75) is 53.2 Å². The van der Waals surface area contributed by atoms with Crippen LogP contribution < -0.4 is 9.47 Å². The Balaban J connectivity index is 0.000000162. The number of hydrogen-bond acceptors (Lipinski definition) is 9. The summed E-state index contributed by atoms with van der Waals surface area (Å²) in [5.41, 5.74) is 5.58. The first kappa shape index (κ1) is 34.1. The number of carbonyl (C=O) groups is 2. The molecule has 52 heavy (non-hydrogen) atoms. The number of carbonyl (C=O) groups excluding carboxylic acids is 2. The van der Waals surface area contributed by atoms with Crippen molar-refractivity contribution in [2.75, 3.05) is 13.1 Å². The van der Waals surface area contributed by atoms with Crippen LogP contribution >= 0.6 is 0 Å². The number of hydrogen-bond donors (Lipinski definition) is 0. The SMILES string of the molecule is Cc1nccc(CN2CCn3nc(COc4ccccc4)cc3C2=O)n1.Cc1ncccc1CN1CCn2nc(COc3ccccc3)cc2C1=O. The van der Waals surface area contributed by atoms with Crippen LogP contribution in [-0.2, 0) is 39.4 Å². The zero-order chi connectivity index (χ0) is 35.9. The quantitative estimate of drug-likeness (QED) is 0.193.